The molecule has 1 rings (SSSR count). The molecule has 14 heavy (non-hydrogen) atoms. The van der Waals surface area contributed by atoms with Crippen molar-refractivity contribution in [1.82, 2.24) is 0 Å². The molecule has 0 amide bonds. The third-order valence-corrected chi connectivity index (χ3v) is 3.82. The van der Waals surface area contributed by atoms with Gasteiger partial charge in [0.2, 0.25) is 0 Å². The van der Waals surface area contributed by atoms with Crippen LogP contribution in [0, 0.1) is 5.92 Å². The monoisotopic (exact) mass is 210 g/mol. The van der Waals surface area contributed by atoms with Gasteiger partial charge in [-0.15, -0.1) is 0 Å². The first kappa shape index (κ1) is 11.2. The van der Waals surface area contributed by atoms with Crippen molar-refractivity contribution in [3.05, 3.63) is 24.3 Å². The molecule has 0 aromatic heterocycles. The van der Waals surface area contributed by atoms with Crippen molar-refractivity contribution in [2.24, 2.45) is 5.92 Å². The molecule has 0 N–H and O–H groups in total. The van der Waals surface area contributed by atoms with Crippen LogP contribution in [-0.4, -0.2) is 20.7 Å². The molecule has 0 saturated heterocycles. The van der Waals surface area contributed by atoms with Gasteiger partial charge in [0.15, 0.2) is 0 Å². The minimum absolute atomic E-state index is 0.117. The first-order valence-electron chi connectivity index (χ1n) is 5.01. The number of carbonyl (C=O) groups excluding carboxylic acids is 1. The molecule has 0 aromatic rings. The molecule has 0 atom stereocenters. The topological polar surface area (TPSA) is 26.3 Å². The normalized spacial score (nSPS) is 16.2. The van der Waals surface area contributed by atoms with Crippen molar-refractivity contribution in [2.75, 3.05) is 6.61 Å². The van der Waals surface area contributed by atoms with Gasteiger partial charge >= 0.3 is 5.97 Å². The number of hydrogen-bond acceptors (Lipinski definition) is 2. The zero-order valence-corrected chi connectivity index (χ0v) is 10.1. The van der Waals surface area contributed by atoms with Gasteiger partial charge in [0.25, 0.3) is 0 Å². The summed E-state index contributed by atoms with van der Waals surface area (Å²) in [5, 5.41) is 0. The maximum absolute atomic E-state index is 11.4. The Kier molecular flexibility index (Phi) is 3.69. The predicted octanol–water partition coefficient (Wildman–Crippen LogP) is 2.61. The Bertz CT molecular complexity index is 249. The lowest BCUT2D eigenvalue weighted by atomic mass is 10.2. The molecule has 0 spiro atoms. The van der Waals surface area contributed by atoms with Crippen LogP contribution in [0.2, 0.25) is 25.7 Å². The highest BCUT2D eigenvalue weighted by molar-refractivity contribution is 6.76. The van der Waals surface area contributed by atoms with E-state index in [1.807, 2.05) is 24.3 Å². The molecule has 78 valence electrons. The molecule has 0 heterocycles. The van der Waals surface area contributed by atoms with Crippen molar-refractivity contribution in [3.63, 3.8) is 0 Å². The van der Waals surface area contributed by atoms with E-state index in [2.05, 4.69) is 19.6 Å². The Hall–Kier alpha value is -0.833. The van der Waals surface area contributed by atoms with Gasteiger partial charge in [0, 0.05) is 8.07 Å². The number of allylic oxidation sites excluding steroid dienone is 2. The Labute approximate surface area is 86.7 Å². The Morgan fingerprint density at radius 1 is 1.29 bits per heavy atom. The Morgan fingerprint density at radius 3 is 2.36 bits per heavy atom. The first-order chi connectivity index (χ1) is 6.49. The minimum atomic E-state index is -1.08. The SMILES string of the molecule is C[Si](C)(C)CCOC(=O)C1C=CC=C1. The van der Waals surface area contributed by atoms with Crippen molar-refractivity contribution in [2.45, 2.75) is 25.7 Å². The summed E-state index contributed by atoms with van der Waals surface area (Å²) in [7, 11) is -1.08. The van der Waals surface area contributed by atoms with Gasteiger partial charge in [-0.1, -0.05) is 43.9 Å². The van der Waals surface area contributed by atoms with Gasteiger partial charge in [-0.05, 0) is 6.04 Å². The number of carbonyl (C=O) groups is 1. The minimum Gasteiger partial charge on any atom is -0.465 e. The van der Waals surface area contributed by atoms with Crippen LogP contribution >= 0.6 is 0 Å². The van der Waals surface area contributed by atoms with Crippen molar-refractivity contribution < 1.29 is 9.53 Å². The number of rotatable bonds is 4. The molecule has 3 heteroatoms. The second kappa shape index (κ2) is 4.60. The predicted molar refractivity (Wildman–Crippen MR) is 60.9 cm³/mol. The Morgan fingerprint density at radius 2 is 1.86 bits per heavy atom. The van der Waals surface area contributed by atoms with Gasteiger partial charge in [-0.25, -0.2) is 0 Å². The van der Waals surface area contributed by atoms with Crippen LogP contribution in [0.3, 0.4) is 0 Å². The van der Waals surface area contributed by atoms with E-state index in [4.69, 9.17) is 4.74 Å². The molecule has 0 bridgehead atoms. The maximum atomic E-state index is 11.4. The summed E-state index contributed by atoms with van der Waals surface area (Å²) in [6.07, 6.45) is 7.47. The van der Waals surface area contributed by atoms with Crippen LogP contribution in [0.25, 0.3) is 0 Å². The van der Waals surface area contributed by atoms with Gasteiger partial charge in [0.1, 0.15) is 0 Å². The van der Waals surface area contributed by atoms with Crippen LogP contribution in [0.1, 0.15) is 0 Å². The first-order valence-corrected chi connectivity index (χ1v) is 8.71. The highest BCUT2D eigenvalue weighted by Gasteiger charge is 2.18. The summed E-state index contributed by atoms with van der Waals surface area (Å²) in [6.45, 7) is 7.40. The second-order valence-corrected chi connectivity index (χ2v) is 10.4. The quantitative estimate of drug-likeness (QED) is 0.526. The second-order valence-electron chi connectivity index (χ2n) is 4.77. The molecular formula is C11H18O2Si. The van der Waals surface area contributed by atoms with Gasteiger partial charge in [-0.3, -0.25) is 4.79 Å². The van der Waals surface area contributed by atoms with E-state index in [1.54, 1.807) is 0 Å². The standard InChI is InChI=1S/C11H18O2Si/c1-14(2,3)9-8-13-11(12)10-6-4-5-7-10/h4-7,10H,8-9H2,1-3H3. The third kappa shape index (κ3) is 3.92. The summed E-state index contributed by atoms with van der Waals surface area (Å²) in [5.74, 6) is -0.259. The summed E-state index contributed by atoms with van der Waals surface area (Å²) < 4.78 is 5.20. The highest BCUT2D eigenvalue weighted by Crippen LogP contribution is 2.12. The summed E-state index contributed by atoms with van der Waals surface area (Å²) in [6, 6.07) is 1.04. The van der Waals surface area contributed by atoms with Gasteiger partial charge < -0.3 is 4.74 Å². The third-order valence-electron chi connectivity index (χ3n) is 2.12. The average molecular weight is 210 g/mol. The fourth-order valence-electron chi connectivity index (χ4n) is 1.14. The fourth-order valence-corrected chi connectivity index (χ4v) is 1.86. The van der Waals surface area contributed by atoms with Crippen LogP contribution < -0.4 is 0 Å². The Balaban J connectivity index is 2.22. The molecule has 1 aliphatic rings. The molecule has 0 fully saturated rings. The van der Waals surface area contributed by atoms with E-state index < -0.39 is 8.07 Å². The number of hydrogen-bond donors (Lipinski definition) is 0. The summed E-state index contributed by atoms with van der Waals surface area (Å²) in [4.78, 5) is 11.4. The lowest BCUT2D eigenvalue weighted by Gasteiger charge is -2.15. The number of esters is 1. The van der Waals surface area contributed by atoms with Crippen molar-refractivity contribution in [1.29, 1.82) is 0 Å². The van der Waals surface area contributed by atoms with E-state index in [0.29, 0.717) is 6.61 Å². The van der Waals surface area contributed by atoms with E-state index in [0.717, 1.165) is 6.04 Å². The smallest absolute Gasteiger partial charge is 0.316 e. The maximum Gasteiger partial charge on any atom is 0.316 e. The van der Waals surface area contributed by atoms with E-state index in [-0.39, 0.29) is 11.9 Å². The zero-order chi connectivity index (χ0) is 10.6. The van der Waals surface area contributed by atoms with E-state index in [1.165, 1.54) is 0 Å². The van der Waals surface area contributed by atoms with E-state index >= 15 is 0 Å². The summed E-state index contributed by atoms with van der Waals surface area (Å²) >= 11 is 0. The van der Waals surface area contributed by atoms with Crippen LogP contribution in [-0.2, 0) is 9.53 Å². The van der Waals surface area contributed by atoms with Crippen LogP contribution in [0.15, 0.2) is 24.3 Å². The van der Waals surface area contributed by atoms with Gasteiger partial charge in [0.05, 0.1) is 12.5 Å². The lowest BCUT2D eigenvalue weighted by Crippen LogP contribution is -2.23. The van der Waals surface area contributed by atoms with E-state index in [9.17, 15) is 4.79 Å². The zero-order valence-electron chi connectivity index (χ0n) is 9.12. The molecule has 0 aliphatic heterocycles. The largest absolute Gasteiger partial charge is 0.465 e. The number of ether oxygens (including phenoxy) is 1. The molecule has 0 aromatic carbocycles. The van der Waals surface area contributed by atoms with Crippen molar-refractivity contribution in [3.8, 4) is 0 Å². The molecule has 2 nitrogen and oxygen atoms in total. The van der Waals surface area contributed by atoms with Crippen molar-refractivity contribution >= 4 is 14.0 Å². The van der Waals surface area contributed by atoms with Gasteiger partial charge in [-0.2, -0.15) is 0 Å². The highest BCUT2D eigenvalue weighted by atomic mass is 28.3. The molecule has 0 unspecified atom stereocenters. The molecule has 1 aliphatic carbocycles. The molecule has 0 radical (unpaired) electrons. The fraction of sp³-hybridized carbons (Fsp3) is 0.545. The van der Waals surface area contributed by atoms with Crippen LogP contribution in [0.4, 0.5) is 0 Å². The lowest BCUT2D eigenvalue weighted by molar-refractivity contribution is -0.144. The average Bonchev–Trinajstić information content (AvgIpc) is 2.53. The molecule has 0 saturated carbocycles. The molecular weight excluding hydrogens is 192 g/mol. The summed E-state index contributed by atoms with van der Waals surface area (Å²) in [5.41, 5.74) is 0. The van der Waals surface area contributed by atoms with Crippen LogP contribution in [0.5, 0.6) is 0 Å².